The summed E-state index contributed by atoms with van der Waals surface area (Å²) >= 11 is 11.7. The van der Waals surface area contributed by atoms with E-state index in [0.29, 0.717) is 23.1 Å². The highest BCUT2D eigenvalue weighted by Gasteiger charge is 2.13. The summed E-state index contributed by atoms with van der Waals surface area (Å²) in [6.07, 6.45) is 1.42. The van der Waals surface area contributed by atoms with E-state index in [1.807, 2.05) is 30.3 Å². The molecule has 2 amide bonds. The fourth-order valence-electron chi connectivity index (χ4n) is 2.37. The van der Waals surface area contributed by atoms with Gasteiger partial charge in [-0.1, -0.05) is 53.5 Å². The van der Waals surface area contributed by atoms with Crippen LogP contribution in [-0.4, -0.2) is 18.0 Å². The Labute approximate surface area is 183 Å². The zero-order valence-electron chi connectivity index (χ0n) is 15.6. The van der Waals surface area contributed by atoms with Crippen molar-refractivity contribution < 1.29 is 14.3 Å². The lowest BCUT2D eigenvalue weighted by molar-refractivity contribution is -0.136. The number of benzene rings is 3. The number of halogens is 2. The first-order valence-electron chi connectivity index (χ1n) is 8.87. The van der Waals surface area contributed by atoms with Crippen LogP contribution in [0.15, 0.2) is 77.9 Å². The Morgan fingerprint density at radius 1 is 0.900 bits per heavy atom. The van der Waals surface area contributed by atoms with E-state index in [2.05, 4.69) is 15.8 Å². The quantitative estimate of drug-likeness (QED) is 0.331. The van der Waals surface area contributed by atoms with Gasteiger partial charge in [0, 0.05) is 5.69 Å². The van der Waals surface area contributed by atoms with E-state index < -0.39 is 11.8 Å². The van der Waals surface area contributed by atoms with Gasteiger partial charge in [0.25, 0.3) is 0 Å². The van der Waals surface area contributed by atoms with Crippen molar-refractivity contribution in [2.45, 2.75) is 6.61 Å². The highest BCUT2D eigenvalue weighted by atomic mass is 35.5. The van der Waals surface area contributed by atoms with Gasteiger partial charge in [0.15, 0.2) is 0 Å². The molecule has 0 radical (unpaired) electrons. The van der Waals surface area contributed by atoms with Gasteiger partial charge in [-0.15, -0.1) is 0 Å². The van der Waals surface area contributed by atoms with Crippen LogP contribution in [-0.2, 0) is 16.2 Å². The molecular formula is C22H17Cl2N3O3. The van der Waals surface area contributed by atoms with Crippen molar-refractivity contribution in [3.63, 3.8) is 0 Å². The molecule has 3 rings (SSSR count). The maximum atomic E-state index is 11.9. The number of anilines is 1. The lowest BCUT2D eigenvalue weighted by atomic mass is 10.2. The van der Waals surface area contributed by atoms with Crippen LogP contribution in [0, 0.1) is 0 Å². The fraction of sp³-hybridized carbons (Fsp3) is 0.0455. The van der Waals surface area contributed by atoms with E-state index in [-0.39, 0.29) is 5.02 Å². The smallest absolute Gasteiger partial charge is 0.329 e. The summed E-state index contributed by atoms with van der Waals surface area (Å²) in [6.45, 7) is 0.471. The molecule has 152 valence electrons. The normalized spacial score (nSPS) is 10.6. The maximum absolute atomic E-state index is 11.9. The van der Waals surface area contributed by atoms with Gasteiger partial charge < -0.3 is 10.1 Å². The van der Waals surface area contributed by atoms with Crippen molar-refractivity contribution in [3.05, 3.63) is 94.0 Å². The van der Waals surface area contributed by atoms with Crippen LogP contribution in [0.1, 0.15) is 11.1 Å². The number of nitrogens with one attached hydrogen (secondary N) is 2. The van der Waals surface area contributed by atoms with E-state index >= 15 is 0 Å². The zero-order chi connectivity index (χ0) is 21.3. The predicted molar refractivity (Wildman–Crippen MR) is 118 cm³/mol. The van der Waals surface area contributed by atoms with E-state index in [4.69, 9.17) is 27.9 Å². The van der Waals surface area contributed by atoms with Gasteiger partial charge in [-0.25, -0.2) is 5.43 Å². The molecule has 0 unspecified atom stereocenters. The van der Waals surface area contributed by atoms with Crippen LogP contribution in [0.3, 0.4) is 0 Å². The first kappa shape index (κ1) is 21.4. The topological polar surface area (TPSA) is 79.8 Å². The molecule has 30 heavy (non-hydrogen) atoms. The van der Waals surface area contributed by atoms with Crippen LogP contribution >= 0.6 is 23.2 Å². The molecular weight excluding hydrogens is 425 g/mol. The Hall–Kier alpha value is -3.35. The van der Waals surface area contributed by atoms with Gasteiger partial charge in [0.05, 0.1) is 16.3 Å². The summed E-state index contributed by atoms with van der Waals surface area (Å²) in [7, 11) is 0. The molecule has 0 fully saturated rings. The summed E-state index contributed by atoms with van der Waals surface area (Å²) < 4.78 is 5.71. The van der Waals surface area contributed by atoms with Crippen molar-refractivity contribution in [2.24, 2.45) is 5.10 Å². The molecule has 2 N–H and O–H groups in total. The van der Waals surface area contributed by atoms with Gasteiger partial charge in [-0.2, -0.15) is 5.10 Å². The SMILES string of the molecule is O=C(N/N=C\c1ccc(OCc2ccccc2)cc1)C(=O)Nc1ccc(Cl)c(Cl)c1. The number of carbonyl (C=O) groups excluding carboxylic acids is 2. The minimum atomic E-state index is -0.917. The highest BCUT2D eigenvalue weighted by Crippen LogP contribution is 2.24. The van der Waals surface area contributed by atoms with Crippen molar-refractivity contribution in [2.75, 3.05) is 5.32 Å². The Balaban J connectivity index is 1.47. The molecule has 0 aromatic heterocycles. The zero-order valence-corrected chi connectivity index (χ0v) is 17.2. The number of rotatable bonds is 6. The lowest BCUT2D eigenvalue weighted by Gasteiger charge is -2.06. The van der Waals surface area contributed by atoms with Gasteiger partial charge in [0.1, 0.15) is 12.4 Å². The molecule has 0 bridgehead atoms. The van der Waals surface area contributed by atoms with Crippen molar-refractivity contribution >= 4 is 46.9 Å². The minimum absolute atomic E-state index is 0.268. The molecule has 3 aromatic carbocycles. The third-order valence-electron chi connectivity index (χ3n) is 3.89. The van der Waals surface area contributed by atoms with Crippen LogP contribution < -0.4 is 15.5 Å². The second-order valence-electron chi connectivity index (χ2n) is 6.13. The molecule has 3 aromatic rings. The molecule has 0 atom stereocenters. The van der Waals surface area contributed by atoms with Gasteiger partial charge in [-0.3, -0.25) is 9.59 Å². The minimum Gasteiger partial charge on any atom is -0.489 e. The van der Waals surface area contributed by atoms with E-state index in [0.717, 1.165) is 11.1 Å². The van der Waals surface area contributed by atoms with Crippen molar-refractivity contribution in [3.8, 4) is 5.75 Å². The van der Waals surface area contributed by atoms with Gasteiger partial charge in [-0.05, 0) is 53.6 Å². The number of carbonyl (C=O) groups is 2. The van der Waals surface area contributed by atoms with Crippen LogP contribution in [0.4, 0.5) is 5.69 Å². The Morgan fingerprint density at radius 3 is 2.33 bits per heavy atom. The van der Waals surface area contributed by atoms with Crippen molar-refractivity contribution in [1.29, 1.82) is 0 Å². The van der Waals surface area contributed by atoms with Gasteiger partial charge in [0.2, 0.25) is 0 Å². The number of ether oxygens (including phenoxy) is 1. The number of nitrogens with zero attached hydrogens (tertiary/aromatic N) is 1. The molecule has 0 aliphatic carbocycles. The third-order valence-corrected chi connectivity index (χ3v) is 4.63. The lowest BCUT2D eigenvalue weighted by Crippen LogP contribution is -2.32. The molecule has 0 saturated carbocycles. The van der Waals surface area contributed by atoms with E-state index in [1.54, 1.807) is 24.3 Å². The Bertz CT molecular complexity index is 1050. The average molecular weight is 442 g/mol. The Kier molecular flexibility index (Phi) is 7.43. The standard InChI is InChI=1S/C22H17Cl2N3O3/c23-19-11-8-17(12-20(19)24)26-21(28)22(29)27-25-13-15-6-9-18(10-7-15)30-14-16-4-2-1-3-5-16/h1-13H,14H2,(H,26,28)(H,27,29)/b25-13-. The summed E-state index contributed by atoms with van der Waals surface area (Å²) in [5, 5.41) is 6.81. The van der Waals surface area contributed by atoms with E-state index in [9.17, 15) is 9.59 Å². The van der Waals surface area contributed by atoms with E-state index in [1.165, 1.54) is 24.4 Å². The van der Waals surface area contributed by atoms with Crippen LogP contribution in [0.2, 0.25) is 10.0 Å². The number of hydrogen-bond donors (Lipinski definition) is 2. The molecule has 8 heteroatoms. The van der Waals surface area contributed by atoms with Crippen LogP contribution in [0.5, 0.6) is 5.75 Å². The monoisotopic (exact) mass is 441 g/mol. The first-order chi connectivity index (χ1) is 14.5. The molecule has 0 aliphatic rings. The molecule has 0 heterocycles. The number of hydrazone groups is 1. The fourth-order valence-corrected chi connectivity index (χ4v) is 2.67. The summed E-state index contributed by atoms with van der Waals surface area (Å²) in [6, 6.07) is 21.5. The molecule has 0 spiro atoms. The highest BCUT2D eigenvalue weighted by molar-refractivity contribution is 6.42. The summed E-state index contributed by atoms with van der Waals surface area (Å²) in [4.78, 5) is 23.7. The summed E-state index contributed by atoms with van der Waals surface area (Å²) in [5.74, 6) is -1.09. The number of hydrogen-bond acceptors (Lipinski definition) is 4. The molecule has 0 aliphatic heterocycles. The second kappa shape index (κ2) is 10.4. The van der Waals surface area contributed by atoms with Crippen molar-refractivity contribution in [1.82, 2.24) is 5.43 Å². The van der Waals surface area contributed by atoms with Gasteiger partial charge >= 0.3 is 11.8 Å². The predicted octanol–water partition coefficient (Wildman–Crippen LogP) is 4.66. The van der Waals surface area contributed by atoms with Crippen LogP contribution in [0.25, 0.3) is 0 Å². The second-order valence-corrected chi connectivity index (χ2v) is 6.94. The third kappa shape index (κ3) is 6.34. The number of amides is 2. The molecule has 6 nitrogen and oxygen atoms in total. The largest absolute Gasteiger partial charge is 0.489 e. The Morgan fingerprint density at radius 2 is 1.63 bits per heavy atom. The summed E-state index contributed by atoms with van der Waals surface area (Å²) in [5.41, 5.74) is 4.32. The maximum Gasteiger partial charge on any atom is 0.329 e. The first-order valence-corrected chi connectivity index (χ1v) is 9.63. The molecule has 0 saturated heterocycles. The average Bonchev–Trinajstić information content (AvgIpc) is 2.76.